The van der Waals surface area contributed by atoms with E-state index in [1.165, 1.54) is 12.1 Å². The van der Waals surface area contributed by atoms with Crippen molar-refractivity contribution >= 4 is 17.8 Å². The van der Waals surface area contributed by atoms with Crippen LogP contribution in [0.15, 0.2) is 66.1 Å². The topological polar surface area (TPSA) is 68.5 Å². The van der Waals surface area contributed by atoms with Crippen LogP contribution in [0.2, 0.25) is 0 Å². The van der Waals surface area contributed by atoms with Crippen LogP contribution in [0.1, 0.15) is 23.7 Å². The molecule has 2 heterocycles. The Morgan fingerprint density at radius 1 is 1.17 bits per heavy atom. The maximum Gasteiger partial charge on any atom is 0.257 e. The maximum atomic E-state index is 13.2. The Hall–Kier alpha value is -3.74. The van der Waals surface area contributed by atoms with Crippen molar-refractivity contribution in [2.75, 3.05) is 7.11 Å². The highest BCUT2D eigenvalue weighted by atomic mass is 19.1. The fourth-order valence-electron chi connectivity index (χ4n) is 3.35. The Morgan fingerprint density at radius 3 is 2.60 bits per heavy atom. The third kappa shape index (κ3) is 3.61. The molecule has 7 heteroatoms. The zero-order valence-corrected chi connectivity index (χ0v) is 16.9. The number of aryl methyl sites for hydroxylation is 1. The molecule has 1 unspecified atom stereocenters. The number of aromatic nitrogens is 2. The summed E-state index contributed by atoms with van der Waals surface area (Å²) in [5.74, 6) is 0.536. The van der Waals surface area contributed by atoms with Gasteiger partial charge < -0.3 is 14.6 Å². The lowest BCUT2D eigenvalue weighted by Gasteiger charge is -2.17. The van der Waals surface area contributed by atoms with Crippen molar-refractivity contribution in [3.05, 3.63) is 83.7 Å². The monoisotopic (exact) mass is 404 g/mol. The minimum absolute atomic E-state index is 0.253. The summed E-state index contributed by atoms with van der Waals surface area (Å²) < 4.78 is 20.6. The maximum absolute atomic E-state index is 13.2. The molecule has 1 aliphatic heterocycles. The molecule has 3 aromatic rings. The number of methoxy groups -OCH3 is 1. The summed E-state index contributed by atoms with van der Waals surface area (Å²) >= 11 is 0. The fraction of sp³-hybridized carbons (Fsp3) is 0.174. The number of imidazole rings is 1. The number of nitrogens with one attached hydrogen (secondary N) is 1. The first-order valence-corrected chi connectivity index (χ1v) is 9.43. The lowest BCUT2D eigenvalue weighted by atomic mass is 9.93. The van der Waals surface area contributed by atoms with Crippen LogP contribution in [0.25, 0.3) is 11.8 Å². The van der Waals surface area contributed by atoms with E-state index in [9.17, 15) is 9.18 Å². The van der Waals surface area contributed by atoms with Crippen LogP contribution in [-0.4, -0.2) is 28.4 Å². The van der Waals surface area contributed by atoms with Gasteiger partial charge in [-0.3, -0.25) is 4.79 Å². The molecule has 0 fully saturated rings. The molecule has 6 nitrogen and oxygen atoms in total. The Bertz CT molecular complexity index is 1160. The summed E-state index contributed by atoms with van der Waals surface area (Å²) in [6, 6.07) is 11.6. The van der Waals surface area contributed by atoms with E-state index >= 15 is 0 Å². The first kappa shape index (κ1) is 19.6. The van der Waals surface area contributed by atoms with E-state index in [1.807, 2.05) is 42.0 Å². The highest BCUT2D eigenvalue weighted by molar-refractivity contribution is 6.14. The molecular weight excluding hydrogens is 383 g/mol. The minimum atomic E-state index is -1.09. The third-order valence-corrected chi connectivity index (χ3v) is 5.06. The van der Waals surface area contributed by atoms with Gasteiger partial charge in [-0.1, -0.05) is 24.3 Å². The average molecular weight is 404 g/mol. The Kier molecular flexibility index (Phi) is 4.95. The number of halogens is 1. The van der Waals surface area contributed by atoms with Gasteiger partial charge in [0.05, 0.1) is 24.8 Å². The van der Waals surface area contributed by atoms with E-state index in [0.29, 0.717) is 17.1 Å². The van der Waals surface area contributed by atoms with Gasteiger partial charge in [-0.25, -0.2) is 14.4 Å². The number of amidine groups is 1. The number of carbonyl (C=O) groups excluding carboxylic acids is 1. The van der Waals surface area contributed by atoms with Gasteiger partial charge in [-0.2, -0.15) is 0 Å². The van der Waals surface area contributed by atoms with Crippen molar-refractivity contribution in [2.24, 2.45) is 4.99 Å². The van der Waals surface area contributed by atoms with Gasteiger partial charge in [-0.15, -0.1) is 0 Å². The average Bonchev–Trinajstić information content (AvgIpc) is 3.30. The number of amides is 1. The first-order valence-electron chi connectivity index (χ1n) is 9.43. The molecule has 1 aliphatic rings. The first-order chi connectivity index (χ1) is 14.4. The highest BCUT2D eigenvalue weighted by Crippen LogP contribution is 2.30. The summed E-state index contributed by atoms with van der Waals surface area (Å²) in [4.78, 5) is 21.3. The van der Waals surface area contributed by atoms with E-state index < -0.39 is 5.54 Å². The molecule has 1 N–H and O–H groups in total. The Morgan fingerprint density at radius 2 is 1.93 bits per heavy atom. The standard InChI is InChI=1S/C23H21FN4O2/c1-15-13-28(14-25-15)19-10-4-16(12-20(19)30-3)5-11-21-26-22(29)23(2,27-21)17-6-8-18(24)9-7-17/h4-14H,1-3H3,(H,26,27,29). The molecule has 0 aliphatic carbocycles. The number of rotatable bonds is 5. The van der Waals surface area contributed by atoms with Gasteiger partial charge in [0, 0.05) is 6.20 Å². The molecule has 0 radical (unpaired) electrons. The number of hydrogen-bond acceptors (Lipinski definition) is 4. The second-order valence-electron chi connectivity index (χ2n) is 7.22. The molecular formula is C23H21FN4O2. The van der Waals surface area contributed by atoms with Gasteiger partial charge in [0.1, 0.15) is 17.4 Å². The van der Waals surface area contributed by atoms with Crippen LogP contribution in [0.5, 0.6) is 5.75 Å². The normalized spacial score (nSPS) is 18.5. The molecule has 30 heavy (non-hydrogen) atoms. The van der Waals surface area contributed by atoms with Crippen molar-refractivity contribution in [2.45, 2.75) is 19.4 Å². The van der Waals surface area contributed by atoms with E-state index in [2.05, 4.69) is 15.3 Å². The van der Waals surface area contributed by atoms with E-state index in [4.69, 9.17) is 4.74 Å². The lowest BCUT2D eigenvalue weighted by Crippen LogP contribution is -2.34. The summed E-state index contributed by atoms with van der Waals surface area (Å²) in [7, 11) is 1.62. The van der Waals surface area contributed by atoms with Crippen molar-refractivity contribution in [3.8, 4) is 11.4 Å². The molecule has 1 aromatic heterocycles. The Labute approximate surface area is 173 Å². The van der Waals surface area contributed by atoms with E-state index in [0.717, 1.165) is 16.9 Å². The van der Waals surface area contributed by atoms with Gasteiger partial charge >= 0.3 is 0 Å². The van der Waals surface area contributed by atoms with Crippen molar-refractivity contribution in [1.29, 1.82) is 0 Å². The van der Waals surface area contributed by atoms with Gasteiger partial charge in [0.2, 0.25) is 0 Å². The van der Waals surface area contributed by atoms with E-state index in [1.54, 1.807) is 38.6 Å². The summed E-state index contributed by atoms with van der Waals surface area (Å²) in [5.41, 5.74) is 2.23. The highest BCUT2D eigenvalue weighted by Gasteiger charge is 2.40. The van der Waals surface area contributed by atoms with Crippen molar-refractivity contribution < 1.29 is 13.9 Å². The number of nitrogens with zero attached hydrogens (tertiary/aromatic N) is 3. The molecule has 0 saturated carbocycles. The molecule has 1 amide bonds. The largest absolute Gasteiger partial charge is 0.495 e. The van der Waals surface area contributed by atoms with Crippen molar-refractivity contribution in [1.82, 2.24) is 14.9 Å². The summed E-state index contributed by atoms with van der Waals surface area (Å²) in [6.07, 6.45) is 7.25. The Balaban J connectivity index is 1.59. The third-order valence-electron chi connectivity index (χ3n) is 5.06. The predicted octanol–water partition coefficient (Wildman–Crippen LogP) is 3.79. The van der Waals surface area contributed by atoms with Gasteiger partial charge in [0.25, 0.3) is 5.91 Å². The van der Waals surface area contributed by atoms with Gasteiger partial charge in [-0.05, 0) is 55.3 Å². The molecule has 2 aromatic carbocycles. The van der Waals surface area contributed by atoms with Gasteiger partial charge in [0.15, 0.2) is 5.54 Å². The van der Waals surface area contributed by atoms with Crippen molar-refractivity contribution in [3.63, 3.8) is 0 Å². The quantitative estimate of drug-likeness (QED) is 0.704. The molecule has 0 saturated heterocycles. The zero-order valence-electron chi connectivity index (χ0n) is 16.9. The fourth-order valence-corrected chi connectivity index (χ4v) is 3.35. The van der Waals surface area contributed by atoms with Crippen LogP contribution in [-0.2, 0) is 10.3 Å². The minimum Gasteiger partial charge on any atom is -0.495 e. The second kappa shape index (κ2) is 7.59. The molecule has 0 spiro atoms. The van der Waals surface area contributed by atoms with Crippen LogP contribution in [0.3, 0.4) is 0 Å². The summed E-state index contributed by atoms with van der Waals surface area (Å²) in [6.45, 7) is 3.64. The number of hydrogen-bond donors (Lipinski definition) is 1. The van der Waals surface area contributed by atoms with Crippen LogP contribution in [0.4, 0.5) is 4.39 Å². The molecule has 152 valence electrons. The number of aliphatic imine (C=N–C) groups is 1. The zero-order chi connectivity index (χ0) is 21.3. The van der Waals surface area contributed by atoms with Crippen LogP contribution < -0.4 is 10.1 Å². The number of benzene rings is 2. The van der Waals surface area contributed by atoms with E-state index in [-0.39, 0.29) is 11.7 Å². The number of ether oxygens (including phenoxy) is 1. The lowest BCUT2D eigenvalue weighted by molar-refractivity contribution is -0.123. The van der Waals surface area contributed by atoms with Crippen LogP contribution >= 0.6 is 0 Å². The SMILES string of the molecule is COc1cc(C=CC2=NC(C)(c3ccc(F)cc3)C(=O)N2)ccc1-n1cnc(C)c1. The number of carbonyl (C=O) groups is 1. The predicted molar refractivity (Wildman–Crippen MR) is 113 cm³/mol. The smallest absolute Gasteiger partial charge is 0.257 e. The summed E-state index contributed by atoms with van der Waals surface area (Å²) in [5, 5.41) is 2.78. The second-order valence-corrected chi connectivity index (χ2v) is 7.22. The molecule has 1 atom stereocenters. The molecule has 4 rings (SSSR count). The molecule has 0 bridgehead atoms. The van der Waals surface area contributed by atoms with Crippen LogP contribution in [0, 0.1) is 12.7 Å².